The highest BCUT2D eigenvalue weighted by Crippen LogP contribution is 2.47. The highest BCUT2D eigenvalue weighted by atomic mass is 16.7. The molecule has 0 saturated carbocycles. The number of para-hydroxylation sites is 1. The fraction of sp³-hybridized carbons (Fsp3) is 0.231. The predicted octanol–water partition coefficient (Wildman–Crippen LogP) is 3.81. The largest absolute Gasteiger partial charge is 0.497 e. The Morgan fingerprint density at radius 3 is 2.09 bits per heavy atom. The fourth-order valence-corrected chi connectivity index (χ4v) is 4.51. The molecule has 3 aromatic carbocycles. The van der Waals surface area contributed by atoms with Crippen molar-refractivity contribution in [2.45, 2.75) is 12.1 Å². The number of fused-ring (bicyclic) bond motifs is 1. The van der Waals surface area contributed by atoms with E-state index in [4.69, 9.17) is 9.57 Å². The van der Waals surface area contributed by atoms with Crippen molar-refractivity contribution < 1.29 is 19.2 Å². The summed E-state index contributed by atoms with van der Waals surface area (Å²) in [7, 11) is 5.53. The van der Waals surface area contributed by atoms with Crippen LogP contribution in [0, 0.1) is 5.92 Å². The second kappa shape index (κ2) is 8.26. The molecule has 2 fully saturated rings. The van der Waals surface area contributed by atoms with E-state index in [-0.39, 0.29) is 11.8 Å². The minimum absolute atomic E-state index is 0.268. The normalized spacial score (nSPS) is 22.0. The minimum atomic E-state index is -0.890. The molecule has 0 unspecified atom stereocenters. The maximum atomic E-state index is 13.6. The first-order valence-corrected chi connectivity index (χ1v) is 10.8. The molecule has 2 aliphatic heterocycles. The molecule has 0 N–H and O–H groups in total. The Kier molecular flexibility index (Phi) is 5.26. The number of anilines is 3. The van der Waals surface area contributed by atoms with Crippen molar-refractivity contribution in [2.24, 2.45) is 5.92 Å². The smallest absolute Gasteiger partial charge is 0.266 e. The van der Waals surface area contributed by atoms with Gasteiger partial charge in [0, 0.05) is 19.8 Å². The molecule has 0 aromatic heterocycles. The first-order valence-electron chi connectivity index (χ1n) is 10.8. The minimum Gasteiger partial charge on any atom is -0.497 e. The number of imide groups is 1. The van der Waals surface area contributed by atoms with Crippen LogP contribution in [0.25, 0.3) is 0 Å². The van der Waals surface area contributed by atoms with Crippen molar-refractivity contribution in [3.63, 3.8) is 0 Å². The number of methoxy groups -OCH3 is 1. The number of rotatable bonds is 5. The van der Waals surface area contributed by atoms with Crippen LogP contribution in [0.5, 0.6) is 5.75 Å². The molecule has 33 heavy (non-hydrogen) atoms. The number of nitrogens with zero attached hydrogens (tertiary/aromatic N) is 3. The summed E-state index contributed by atoms with van der Waals surface area (Å²) in [6.45, 7) is 0. The van der Waals surface area contributed by atoms with Crippen LogP contribution < -0.4 is 19.6 Å². The third-order valence-electron chi connectivity index (χ3n) is 6.21. The van der Waals surface area contributed by atoms with Gasteiger partial charge in [-0.25, -0.2) is 9.96 Å². The van der Waals surface area contributed by atoms with Gasteiger partial charge in [-0.15, -0.1) is 0 Å². The summed E-state index contributed by atoms with van der Waals surface area (Å²) < 4.78 is 5.20. The number of benzene rings is 3. The van der Waals surface area contributed by atoms with E-state index < -0.39 is 18.1 Å². The lowest BCUT2D eigenvalue weighted by Crippen LogP contribution is -2.37. The summed E-state index contributed by atoms with van der Waals surface area (Å²) in [4.78, 5) is 36.4. The number of hydroxylamine groups is 1. The summed E-state index contributed by atoms with van der Waals surface area (Å²) in [5.74, 6) is -0.632. The summed E-state index contributed by atoms with van der Waals surface area (Å²) >= 11 is 0. The average molecular weight is 444 g/mol. The molecule has 7 heteroatoms. The van der Waals surface area contributed by atoms with E-state index >= 15 is 0 Å². The van der Waals surface area contributed by atoms with Gasteiger partial charge in [0.1, 0.15) is 11.7 Å². The molecule has 0 bridgehead atoms. The summed E-state index contributed by atoms with van der Waals surface area (Å²) in [5.41, 5.74) is 3.27. The van der Waals surface area contributed by atoms with E-state index in [1.165, 1.54) is 4.90 Å². The van der Waals surface area contributed by atoms with Gasteiger partial charge < -0.3 is 9.64 Å². The van der Waals surface area contributed by atoms with Gasteiger partial charge in [0.05, 0.1) is 24.5 Å². The Hall–Kier alpha value is -3.84. The van der Waals surface area contributed by atoms with Crippen LogP contribution in [0.1, 0.15) is 11.6 Å². The van der Waals surface area contributed by atoms with Gasteiger partial charge >= 0.3 is 0 Å². The third kappa shape index (κ3) is 3.50. The Morgan fingerprint density at radius 1 is 0.818 bits per heavy atom. The van der Waals surface area contributed by atoms with E-state index in [1.807, 2.05) is 73.6 Å². The maximum Gasteiger partial charge on any atom is 0.266 e. The lowest BCUT2D eigenvalue weighted by molar-refractivity contribution is -0.126. The first kappa shape index (κ1) is 21.0. The molecule has 2 saturated heterocycles. The lowest BCUT2D eigenvalue weighted by atomic mass is 9.90. The standard InChI is InChI=1S/C26H25N3O4/c1-27(2)18-11-9-17(10-12-18)23-22-24(33-29(23)20-7-5-4-6-8-20)26(31)28(25(22)30)19-13-15-21(32-3)16-14-19/h4-16,22-24H,1-3H3/t22-,23-,24+/m1/s1. The zero-order valence-electron chi connectivity index (χ0n) is 18.7. The zero-order valence-corrected chi connectivity index (χ0v) is 18.7. The Morgan fingerprint density at radius 2 is 1.48 bits per heavy atom. The highest BCUT2D eigenvalue weighted by molar-refractivity contribution is 6.23. The van der Waals surface area contributed by atoms with E-state index in [0.717, 1.165) is 16.9 Å². The number of ether oxygens (including phenoxy) is 1. The zero-order chi connectivity index (χ0) is 23.1. The van der Waals surface area contributed by atoms with Crippen LogP contribution in [-0.4, -0.2) is 39.1 Å². The van der Waals surface area contributed by atoms with Crippen molar-refractivity contribution >= 4 is 28.9 Å². The third-order valence-corrected chi connectivity index (χ3v) is 6.21. The molecular formula is C26H25N3O4. The van der Waals surface area contributed by atoms with Gasteiger partial charge in [-0.05, 0) is 54.1 Å². The molecule has 0 aliphatic carbocycles. The van der Waals surface area contributed by atoms with Crippen molar-refractivity contribution in [1.29, 1.82) is 0 Å². The second-order valence-electron chi connectivity index (χ2n) is 8.35. The van der Waals surface area contributed by atoms with Crippen LogP contribution in [0.3, 0.4) is 0 Å². The molecule has 0 spiro atoms. The van der Waals surface area contributed by atoms with Gasteiger partial charge in [-0.3, -0.25) is 14.4 Å². The molecule has 2 aliphatic rings. The lowest BCUT2D eigenvalue weighted by Gasteiger charge is -2.29. The molecule has 2 amide bonds. The van der Waals surface area contributed by atoms with E-state index in [1.54, 1.807) is 36.4 Å². The SMILES string of the molecule is COc1ccc(N2C(=O)[C@H]3[C@H](ON(c4ccccc4)[C@@H]3c3ccc(N(C)C)cc3)C2=O)cc1. The fourth-order valence-electron chi connectivity index (χ4n) is 4.51. The van der Waals surface area contributed by atoms with Crippen LogP contribution >= 0.6 is 0 Å². The molecule has 2 heterocycles. The maximum absolute atomic E-state index is 13.6. The second-order valence-corrected chi connectivity index (χ2v) is 8.35. The number of amides is 2. The van der Waals surface area contributed by atoms with Gasteiger partial charge in [0.15, 0.2) is 6.10 Å². The summed E-state index contributed by atoms with van der Waals surface area (Å²) in [5, 5.41) is 1.71. The average Bonchev–Trinajstić information content (AvgIpc) is 3.36. The van der Waals surface area contributed by atoms with E-state index in [0.29, 0.717) is 11.4 Å². The topological polar surface area (TPSA) is 62.3 Å². The van der Waals surface area contributed by atoms with Crippen molar-refractivity contribution in [2.75, 3.05) is 36.1 Å². The van der Waals surface area contributed by atoms with Crippen LogP contribution in [-0.2, 0) is 14.4 Å². The first-order chi connectivity index (χ1) is 16.0. The predicted molar refractivity (Wildman–Crippen MR) is 126 cm³/mol. The van der Waals surface area contributed by atoms with Crippen molar-refractivity contribution in [1.82, 2.24) is 0 Å². The molecule has 7 nitrogen and oxygen atoms in total. The van der Waals surface area contributed by atoms with Gasteiger partial charge in [0.25, 0.3) is 5.91 Å². The molecule has 3 atom stereocenters. The van der Waals surface area contributed by atoms with Crippen LogP contribution in [0.4, 0.5) is 17.1 Å². The Bertz CT molecular complexity index is 1160. The molecule has 3 aromatic rings. The van der Waals surface area contributed by atoms with Gasteiger partial charge in [0.2, 0.25) is 5.91 Å². The number of carbonyl (C=O) groups excluding carboxylic acids is 2. The van der Waals surface area contributed by atoms with Crippen LogP contribution in [0.2, 0.25) is 0 Å². The van der Waals surface area contributed by atoms with E-state index in [9.17, 15) is 9.59 Å². The quantitative estimate of drug-likeness (QED) is 0.559. The van der Waals surface area contributed by atoms with Crippen LogP contribution in [0.15, 0.2) is 78.9 Å². The Balaban J connectivity index is 1.55. The summed E-state index contributed by atoms with van der Waals surface area (Å²) in [6, 6.07) is 24.0. The molecule has 5 rings (SSSR count). The van der Waals surface area contributed by atoms with Gasteiger partial charge in [-0.1, -0.05) is 30.3 Å². The van der Waals surface area contributed by atoms with Gasteiger partial charge in [-0.2, -0.15) is 0 Å². The highest BCUT2D eigenvalue weighted by Gasteiger charge is 2.60. The molecule has 0 radical (unpaired) electrons. The monoisotopic (exact) mass is 443 g/mol. The number of hydrogen-bond acceptors (Lipinski definition) is 6. The van der Waals surface area contributed by atoms with Crippen molar-refractivity contribution in [3.05, 3.63) is 84.4 Å². The summed E-state index contributed by atoms with van der Waals surface area (Å²) in [6.07, 6.45) is -0.890. The van der Waals surface area contributed by atoms with Crippen molar-refractivity contribution in [3.8, 4) is 5.75 Å². The molecular weight excluding hydrogens is 418 g/mol. The molecule has 168 valence electrons. The Labute approximate surface area is 192 Å². The van der Waals surface area contributed by atoms with E-state index in [2.05, 4.69) is 0 Å². The number of hydrogen-bond donors (Lipinski definition) is 0. The number of carbonyl (C=O) groups is 2.